The summed E-state index contributed by atoms with van der Waals surface area (Å²) in [6.45, 7) is 2.08. The number of carboxylic acid groups (broad SMARTS) is 1. The molecule has 0 unspecified atom stereocenters. The van der Waals surface area contributed by atoms with Gasteiger partial charge in [0.05, 0.1) is 30.5 Å². The number of rotatable bonds is 13. The molecule has 0 aromatic rings. The molecular weight excluding hydrogens is 360 g/mol. The minimum atomic E-state index is -0.901. The summed E-state index contributed by atoms with van der Waals surface area (Å²) in [4.78, 5) is 10.4. The molecule has 1 saturated heterocycles. The molecule has 0 radical (unpaired) electrons. The van der Waals surface area contributed by atoms with Crippen LogP contribution in [-0.4, -0.2) is 56.9 Å². The van der Waals surface area contributed by atoms with Gasteiger partial charge >= 0.3 is 5.97 Å². The lowest BCUT2D eigenvalue weighted by Gasteiger charge is -2.16. The van der Waals surface area contributed by atoms with Crippen molar-refractivity contribution in [2.45, 2.75) is 82.4 Å². The first-order valence-electron chi connectivity index (χ1n) is 9.98. The molecule has 0 bridgehead atoms. The molecule has 158 valence electrons. The van der Waals surface area contributed by atoms with E-state index >= 15 is 0 Å². The SMILES string of the molecule is CC/C=C\C/C=C\C[C@@H]1O[C@H]([C@@H](O)/C=C/[C@@H](O)C/C=C\CCC(=O)O)C[C@@H]1O. The van der Waals surface area contributed by atoms with E-state index in [0.717, 1.165) is 12.8 Å². The van der Waals surface area contributed by atoms with Crippen molar-refractivity contribution in [3.63, 3.8) is 0 Å². The highest BCUT2D eigenvalue weighted by atomic mass is 16.5. The number of carboxylic acids is 1. The molecule has 5 atom stereocenters. The molecule has 28 heavy (non-hydrogen) atoms. The van der Waals surface area contributed by atoms with Crippen LogP contribution in [0.4, 0.5) is 0 Å². The summed E-state index contributed by atoms with van der Waals surface area (Å²) < 4.78 is 5.76. The Morgan fingerprint density at radius 2 is 1.86 bits per heavy atom. The second kappa shape index (κ2) is 14.3. The summed E-state index contributed by atoms with van der Waals surface area (Å²) >= 11 is 0. The third-order valence-electron chi connectivity index (χ3n) is 4.44. The van der Waals surface area contributed by atoms with Gasteiger partial charge in [-0.1, -0.05) is 55.5 Å². The summed E-state index contributed by atoms with van der Waals surface area (Å²) in [5.41, 5.74) is 0. The number of carbonyl (C=O) groups is 1. The van der Waals surface area contributed by atoms with Crippen LogP contribution in [0.25, 0.3) is 0 Å². The van der Waals surface area contributed by atoms with Gasteiger partial charge < -0.3 is 25.2 Å². The molecule has 0 aromatic carbocycles. The van der Waals surface area contributed by atoms with Crippen LogP contribution < -0.4 is 0 Å². The average Bonchev–Trinajstić information content (AvgIpc) is 3.03. The maximum Gasteiger partial charge on any atom is 0.303 e. The first-order valence-corrected chi connectivity index (χ1v) is 9.98. The fourth-order valence-electron chi connectivity index (χ4n) is 2.87. The molecule has 0 aromatic heterocycles. The number of hydrogen-bond acceptors (Lipinski definition) is 5. The quantitative estimate of drug-likeness (QED) is 0.358. The van der Waals surface area contributed by atoms with E-state index in [-0.39, 0.29) is 12.5 Å². The second-order valence-electron chi connectivity index (χ2n) is 6.92. The summed E-state index contributed by atoms with van der Waals surface area (Å²) in [6.07, 6.45) is 15.2. The van der Waals surface area contributed by atoms with Gasteiger partial charge in [0.15, 0.2) is 0 Å². The number of aliphatic hydroxyl groups excluding tert-OH is 3. The van der Waals surface area contributed by atoms with Crippen molar-refractivity contribution in [2.75, 3.05) is 0 Å². The lowest BCUT2D eigenvalue weighted by molar-refractivity contribution is -0.136. The van der Waals surface area contributed by atoms with Gasteiger partial charge in [-0.15, -0.1) is 0 Å². The highest BCUT2D eigenvalue weighted by Crippen LogP contribution is 2.26. The molecule has 6 heteroatoms. The Kier molecular flexibility index (Phi) is 12.4. The third kappa shape index (κ3) is 10.6. The van der Waals surface area contributed by atoms with Gasteiger partial charge in [0.25, 0.3) is 0 Å². The Bertz CT molecular complexity index is 551. The van der Waals surface area contributed by atoms with Crippen LogP contribution in [0.15, 0.2) is 48.6 Å². The first kappa shape index (κ1) is 24.3. The Balaban J connectivity index is 2.33. The Hall–Kier alpha value is -1.73. The second-order valence-corrected chi connectivity index (χ2v) is 6.92. The number of aliphatic carboxylic acids is 1. The zero-order chi connectivity index (χ0) is 20.8. The minimum absolute atomic E-state index is 0.0638. The first-order chi connectivity index (χ1) is 13.4. The summed E-state index contributed by atoms with van der Waals surface area (Å²) in [5.74, 6) is -0.853. The fraction of sp³-hybridized carbons (Fsp3) is 0.591. The molecule has 0 amide bonds. The molecular formula is C22H34O6. The molecule has 0 aliphatic carbocycles. The minimum Gasteiger partial charge on any atom is -0.481 e. The average molecular weight is 395 g/mol. The van der Waals surface area contributed by atoms with Crippen molar-refractivity contribution in [3.05, 3.63) is 48.6 Å². The van der Waals surface area contributed by atoms with Crippen molar-refractivity contribution in [1.29, 1.82) is 0 Å². The van der Waals surface area contributed by atoms with Crippen LogP contribution in [0.2, 0.25) is 0 Å². The number of hydrogen-bond donors (Lipinski definition) is 4. The lowest BCUT2D eigenvalue weighted by atomic mass is 10.0. The fourth-order valence-corrected chi connectivity index (χ4v) is 2.87. The van der Waals surface area contributed by atoms with Gasteiger partial charge in [-0.2, -0.15) is 0 Å². The van der Waals surface area contributed by atoms with Crippen molar-refractivity contribution in [3.8, 4) is 0 Å². The summed E-state index contributed by atoms with van der Waals surface area (Å²) in [5, 5.41) is 38.8. The molecule has 1 heterocycles. The molecule has 1 rings (SSSR count). The highest BCUT2D eigenvalue weighted by Gasteiger charge is 2.36. The zero-order valence-corrected chi connectivity index (χ0v) is 16.6. The maximum atomic E-state index is 10.4. The van der Waals surface area contributed by atoms with Gasteiger partial charge in [0, 0.05) is 12.8 Å². The van der Waals surface area contributed by atoms with Crippen LogP contribution >= 0.6 is 0 Å². The predicted octanol–water partition coefficient (Wildman–Crippen LogP) is 2.90. The van der Waals surface area contributed by atoms with Gasteiger partial charge in [0.1, 0.15) is 0 Å². The molecule has 1 aliphatic rings. The van der Waals surface area contributed by atoms with Crippen molar-refractivity contribution >= 4 is 5.97 Å². The molecule has 6 nitrogen and oxygen atoms in total. The van der Waals surface area contributed by atoms with Gasteiger partial charge in [-0.05, 0) is 32.1 Å². The van der Waals surface area contributed by atoms with Crippen LogP contribution in [0, 0.1) is 0 Å². The topological polar surface area (TPSA) is 107 Å². The van der Waals surface area contributed by atoms with E-state index in [1.54, 1.807) is 12.2 Å². The van der Waals surface area contributed by atoms with Crippen LogP contribution in [0.3, 0.4) is 0 Å². The van der Waals surface area contributed by atoms with Crippen molar-refractivity contribution in [2.24, 2.45) is 0 Å². The van der Waals surface area contributed by atoms with E-state index in [4.69, 9.17) is 9.84 Å². The molecule has 0 saturated carbocycles. The number of ether oxygens (including phenoxy) is 1. The number of allylic oxidation sites excluding steroid dienone is 4. The molecule has 0 spiro atoms. The van der Waals surface area contributed by atoms with Gasteiger partial charge in [-0.25, -0.2) is 0 Å². The normalized spacial score (nSPS) is 25.5. The monoisotopic (exact) mass is 394 g/mol. The molecule has 1 aliphatic heterocycles. The highest BCUT2D eigenvalue weighted by molar-refractivity contribution is 5.66. The molecule has 1 fully saturated rings. The third-order valence-corrected chi connectivity index (χ3v) is 4.44. The van der Waals surface area contributed by atoms with E-state index in [2.05, 4.69) is 19.1 Å². The van der Waals surface area contributed by atoms with E-state index in [0.29, 0.717) is 25.7 Å². The summed E-state index contributed by atoms with van der Waals surface area (Å²) in [7, 11) is 0. The zero-order valence-electron chi connectivity index (χ0n) is 16.6. The Labute approximate surface area is 167 Å². The Morgan fingerprint density at radius 1 is 1.11 bits per heavy atom. The van der Waals surface area contributed by atoms with E-state index in [1.165, 1.54) is 12.2 Å². The van der Waals surface area contributed by atoms with E-state index in [9.17, 15) is 20.1 Å². The van der Waals surface area contributed by atoms with Gasteiger partial charge in [-0.3, -0.25) is 4.79 Å². The smallest absolute Gasteiger partial charge is 0.303 e. The lowest BCUT2D eigenvalue weighted by Crippen LogP contribution is -2.24. The van der Waals surface area contributed by atoms with E-state index < -0.39 is 30.4 Å². The predicted molar refractivity (Wildman–Crippen MR) is 109 cm³/mol. The van der Waals surface area contributed by atoms with E-state index in [1.807, 2.05) is 12.2 Å². The van der Waals surface area contributed by atoms with Crippen molar-refractivity contribution in [1.82, 2.24) is 0 Å². The molecule has 4 N–H and O–H groups in total. The van der Waals surface area contributed by atoms with Crippen LogP contribution in [0.1, 0.15) is 51.9 Å². The van der Waals surface area contributed by atoms with Crippen molar-refractivity contribution < 1.29 is 30.0 Å². The maximum absolute atomic E-state index is 10.4. The number of aliphatic hydroxyl groups is 3. The standard InChI is InChI=1S/C22H34O6/c1-2-3-4-5-6-9-12-20-19(25)16-21(28-20)18(24)15-14-17(23)11-8-7-10-13-22(26)27/h3-4,6-9,14-15,17-21,23-25H,2,5,10-13,16H2,1H3,(H,26,27)/b4-3-,8-7-,9-6-,15-14+/t17-,18-,19-,20-,21-/m0/s1. The largest absolute Gasteiger partial charge is 0.481 e. The van der Waals surface area contributed by atoms with Crippen LogP contribution in [0.5, 0.6) is 0 Å². The Morgan fingerprint density at radius 3 is 2.57 bits per heavy atom. The summed E-state index contributed by atoms with van der Waals surface area (Å²) in [6, 6.07) is 0. The van der Waals surface area contributed by atoms with Crippen LogP contribution in [-0.2, 0) is 9.53 Å². The van der Waals surface area contributed by atoms with Gasteiger partial charge in [0.2, 0.25) is 0 Å².